The first-order valence-corrected chi connectivity index (χ1v) is 5.53. The number of aryl methyl sites for hydroxylation is 1. The van der Waals surface area contributed by atoms with Crippen LogP contribution in [0.2, 0.25) is 0 Å². The van der Waals surface area contributed by atoms with E-state index < -0.39 is 0 Å². The highest BCUT2D eigenvalue weighted by Crippen LogP contribution is 2.23. The summed E-state index contributed by atoms with van der Waals surface area (Å²) in [6.45, 7) is 4.50. The van der Waals surface area contributed by atoms with Gasteiger partial charge in [0.15, 0.2) is 0 Å². The number of anilines is 1. The van der Waals surface area contributed by atoms with Gasteiger partial charge in [-0.3, -0.25) is 0 Å². The van der Waals surface area contributed by atoms with Gasteiger partial charge in [0.1, 0.15) is 5.75 Å². The monoisotopic (exact) mass is 229 g/mol. The Morgan fingerprint density at radius 3 is 2.76 bits per heavy atom. The number of nitrogens with zero attached hydrogens (tertiary/aromatic N) is 2. The van der Waals surface area contributed by atoms with E-state index in [0.29, 0.717) is 12.6 Å². The standard InChI is InChI=1S/C13H15N3O/c1-3-17-11-6-4-5-10(8-11)12-7-9(2)15-13(14)16-12/h4-8H,3H2,1-2H3,(H2,14,15,16). The van der Waals surface area contributed by atoms with Crippen molar-refractivity contribution >= 4 is 5.95 Å². The highest BCUT2D eigenvalue weighted by molar-refractivity contribution is 5.62. The molecule has 0 atom stereocenters. The number of ether oxygens (including phenoxy) is 1. The Labute approximate surface area is 100 Å². The summed E-state index contributed by atoms with van der Waals surface area (Å²) in [6.07, 6.45) is 0. The van der Waals surface area contributed by atoms with Crippen LogP contribution in [-0.2, 0) is 0 Å². The van der Waals surface area contributed by atoms with Crippen LogP contribution < -0.4 is 10.5 Å². The molecule has 0 aliphatic carbocycles. The van der Waals surface area contributed by atoms with Crippen LogP contribution >= 0.6 is 0 Å². The zero-order chi connectivity index (χ0) is 12.3. The first-order valence-electron chi connectivity index (χ1n) is 5.53. The lowest BCUT2D eigenvalue weighted by Crippen LogP contribution is -1.98. The maximum Gasteiger partial charge on any atom is 0.220 e. The molecule has 4 heteroatoms. The van der Waals surface area contributed by atoms with Gasteiger partial charge >= 0.3 is 0 Å². The van der Waals surface area contributed by atoms with Gasteiger partial charge in [0.25, 0.3) is 0 Å². The van der Waals surface area contributed by atoms with Crippen LogP contribution in [0.25, 0.3) is 11.3 Å². The summed E-state index contributed by atoms with van der Waals surface area (Å²) >= 11 is 0. The third-order valence-electron chi connectivity index (χ3n) is 2.31. The topological polar surface area (TPSA) is 61.0 Å². The van der Waals surface area contributed by atoms with Gasteiger partial charge in [0.05, 0.1) is 12.3 Å². The second kappa shape index (κ2) is 4.82. The second-order valence-corrected chi connectivity index (χ2v) is 3.71. The van der Waals surface area contributed by atoms with E-state index in [1.165, 1.54) is 0 Å². The summed E-state index contributed by atoms with van der Waals surface area (Å²) in [5.74, 6) is 1.13. The fourth-order valence-electron chi connectivity index (χ4n) is 1.65. The van der Waals surface area contributed by atoms with Crippen molar-refractivity contribution in [1.29, 1.82) is 0 Å². The van der Waals surface area contributed by atoms with E-state index in [4.69, 9.17) is 10.5 Å². The van der Waals surface area contributed by atoms with Crippen molar-refractivity contribution in [2.24, 2.45) is 0 Å². The predicted molar refractivity (Wildman–Crippen MR) is 67.8 cm³/mol. The summed E-state index contributed by atoms with van der Waals surface area (Å²) < 4.78 is 5.45. The average molecular weight is 229 g/mol. The number of hydrogen-bond acceptors (Lipinski definition) is 4. The molecule has 0 unspecified atom stereocenters. The normalized spacial score (nSPS) is 10.2. The predicted octanol–water partition coefficient (Wildman–Crippen LogP) is 2.43. The zero-order valence-corrected chi connectivity index (χ0v) is 9.97. The number of rotatable bonds is 3. The van der Waals surface area contributed by atoms with Crippen molar-refractivity contribution in [3.05, 3.63) is 36.0 Å². The van der Waals surface area contributed by atoms with Gasteiger partial charge in [0, 0.05) is 11.3 Å². The largest absolute Gasteiger partial charge is 0.494 e. The van der Waals surface area contributed by atoms with Crippen molar-refractivity contribution < 1.29 is 4.74 Å². The lowest BCUT2D eigenvalue weighted by molar-refractivity contribution is 0.340. The zero-order valence-electron chi connectivity index (χ0n) is 9.97. The van der Waals surface area contributed by atoms with Crippen molar-refractivity contribution in [3.63, 3.8) is 0 Å². The van der Waals surface area contributed by atoms with Gasteiger partial charge in [-0.05, 0) is 32.0 Å². The quantitative estimate of drug-likeness (QED) is 0.878. The molecule has 2 rings (SSSR count). The molecule has 4 nitrogen and oxygen atoms in total. The Morgan fingerprint density at radius 2 is 2.06 bits per heavy atom. The van der Waals surface area contributed by atoms with Crippen LogP contribution in [0.15, 0.2) is 30.3 Å². The molecule has 1 heterocycles. The van der Waals surface area contributed by atoms with Gasteiger partial charge < -0.3 is 10.5 Å². The van der Waals surface area contributed by atoms with Crippen LogP contribution in [0.4, 0.5) is 5.95 Å². The van der Waals surface area contributed by atoms with Crippen LogP contribution in [0.1, 0.15) is 12.6 Å². The highest BCUT2D eigenvalue weighted by Gasteiger charge is 2.04. The van der Waals surface area contributed by atoms with Gasteiger partial charge in [-0.2, -0.15) is 0 Å². The van der Waals surface area contributed by atoms with Gasteiger partial charge in [-0.15, -0.1) is 0 Å². The molecule has 0 spiro atoms. The summed E-state index contributed by atoms with van der Waals surface area (Å²) in [6, 6.07) is 9.69. The van der Waals surface area contributed by atoms with E-state index >= 15 is 0 Å². The molecule has 17 heavy (non-hydrogen) atoms. The number of nitrogen functional groups attached to an aromatic ring is 1. The lowest BCUT2D eigenvalue weighted by Gasteiger charge is -2.06. The van der Waals surface area contributed by atoms with Crippen LogP contribution in [0.3, 0.4) is 0 Å². The second-order valence-electron chi connectivity index (χ2n) is 3.71. The lowest BCUT2D eigenvalue weighted by atomic mass is 10.1. The first-order chi connectivity index (χ1) is 8.19. The Balaban J connectivity index is 2.41. The molecule has 1 aromatic carbocycles. The SMILES string of the molecule is CCOc1cccc(-c2cc(C)nc(N)n2)c1. The Bertz CT molecular complexity index is 506. The molecule has 2 aromatic rings. The number of aromatic nitrogens is 2. The third-order valence-corrected chi connectivity index (χ3v) is 2.31. The summed E-state index contributed by atoms with van der Waals surface area (Å²) in [4.78, 5) is 8.27. The third kappa shape index (κ3) is 2.72. The Hall–Kier alpha value is -2.10. The van der Waals surface area contributed by atoms with Crippen molar-refractivity contribution in [3.8, 4) is 17.0 Å². The molecule has 2 N–H and O–H groups in total. The molecule has 0 amide bonds. The van der Waals surface area contributed by atoms with Crippen molar-refractivity contribution in [2.75, 3.05) is 12.3 Å². The van der Waals surface area contributed by atoms with Crippen LogP contribution in [0.5, 0.6) is 5.75 Å². The van der Waals surface area contributed by atoms with Crippen LogP contribution in [-0.4, -0.2) is 16.6 Å². The van der Waals surface area contributed by atoms with Crippen LogP contribution in [0, 0.1) is 6.92 Å². The summed E-state index contributed by atoms with van der Waals surface area (Å²) in [5, 5.41) is 0. The molecular weight excluding hydrogens is 214 g/mol. The van der Waals surface area contributed by atoms with E-state index in [-0.39, 0.29) is 0 Å². The minimum Gasteiger partial charge on any atom is -0.494 e. The average Bonchev–Trinajstić information content (AvgIpc) is 2.28. The Kier molecular flexibility index (Phi) is 3.23. The van der Waals surface area contributed by atoms with Crippen molar-refractivity contribution in [1.82, 2.24) is 9.97 Å². The van der Waals surface area contributed by atoms with Gasteiger partial charge in [-0.1, -0.05) is 12.1 Å². The molecule has 88 valence electrons. The fourth-order valence-corrected chi connectivity index (χ4v) is 1.65. The van der Waals surface area contributed by atoms with E-state index in [1.54, 1.807) is 0 Å². The molecule has 0 radical (unpaired) electrons. The molecule has 1 aromatic heterocycles. The van der Waals surface area contributed by atoms with Gasteiger partial charge in [-0.25, -0.2) is 9.97 Å². The van der Waals surface area contributed by atoms with E-state index in [0.717, 1.165) is 22.7 Å². The molecule has 0 aliphatic rings. The minimum absolute atomic E-state index is 0.293. The fraction of sp³-hybridized carbons (Fsp3) is 0.231. The highest BCUT2D eigenvalue weighted by atomic mass is 16.5. The number of benzene rings is 1. The molecule has 0 bridgehead atoms. The maximum absolute atomic E-state index is 5.64. The maximum atomic E-state index is 5.64. The van der Waals surface area contributed by atoms with E-state index in [9.17, 15) is 0 Å². The molecule has 0 fully saturated rings. The molecule has 0 saturated carbocycles. The van der Waals surface area contributed by atoms with E-state index in [1.807, 2.05) is 44.2 Å². The minimum atomic E-state index is 0.293. The van der Waals surface area contributed by atoms with Gasteiger partial charge in [0.2, 0.25) is 5.95 Å². The first kappa shape index (κ1) is 11.4. The smallest absolute Gasteiger partial charge is 0.220 e. The van der Waals surface area contributed by atoms with Crippen molar-refractivity contribution in [2.45, 2.75) is 13.8 Å². The molecular formula is C13H15N3O. The molecule has 0 aliphatic heterocycles. The number of nitrogens with two attached hydrogens (primary N) is 1. The van der Waals surface area contributed by atoms with E-state index in [2.05, 4.69) is 9.97 Å². The Morgan fingerprint density at radius 1 is 1.24 bits per heavy atom. The number of hydrogen-bond donors (Lipinski definition) is 1. The molecule has 0 saturated heterocycles. The summed E-state index contributed by atoms with van der Waals surface area (Å²) in [7, 11) is 0. The summed E-state index contributed by atoms with van der Waals surface area (Å²) in [5.41, 5.74) is 8.29.